The Morgan fingerprint density at radius 3 is 2.74 bits per heavy atom. The molecular formula is C15H20N4. The lowest BCUT2D eigenvalue weighted by atomic mass is 10.1. The maximum atomic E-state index is 5.94. The Bertz CT molecular complexity index is 578. The van der Waals surface area contributed by atoms with E-state index in [1.165, 1.54) is 17.5 Å². The molecule has 0 unspecified atom stereocenters. The fraction of sp³-hybridized carbons (Fsp3) is 0.333. The highest BCUT2D eigenvalue weighted by atomic mass is 15.0. The van der Waals surface area contributed by atoms with Gasteiger partial charge in [0.25, 0.3) is 0 Å². The number of benzene rings is 1. The van der Waals surface area contributed by atoms with E-state index in [4.69, 9.17) is 5.73 Å². The maximum Gasteiger partial charge on any atom is 0.139 e. The van der Waals surface area contributed by atoms with Crippen molar-refractivity contribution in [3.05, 3.63) is 41.2 Å². The second kappa shape index (κ2) is 5.69. The van der Waals surface area contributed by atoms with E-state index in [-0.39, 0.29) is 0 Å². The van der Waals surface area contributed by atoms with Crippen molar-refractivity contribution in [3.63, 3.8) is 0 Å². The van der Waals surface area contributed by atoms with Crippen LogP contribution in [0.15, 0.2) is 24.5 Å². The molecule has 0 aliphatic rings. The zero-order valence-electron chi connectivity index (χ0n) is 11.7. The molecule has 0 spiro atoms. The predicted molar refractivity (Wildman–Crippen MR) is 79.6 cm³/mol. The van der Waals surface area contributed by atoms with E-state index in [1.807, 2.05) is 6.07 Å². The standard InChI is InChI=1S/C15H20N4/c1-4-6-12-14(16)17-9-18-15(12)19-13-8-5-7-10(2)11(13)3/h5,7-9H,4,6H2,1-3H3,(H3,16,17,18,19). The number of anilines is 3. The van der Waals surface area contributed by atoms with Crippen molar-refractivity contribution in [2.24, 2.45) is 0 Å². The minimum Gasteiger partial charge on any atom is -0.383 e. The number of nitrogens with zero attached hydrogens (tertiary/aromatic N) is 2. The van der Waals surface area contributed by atoms with Crippen LogP contribution in [-0.2, 0) is 6.42 Å². The molecule has 19 heavy (non-hydrogen) atoms. The number of hydrogen-bond donors (Lipinski definition) is 2. The summed E-state index contributed by atoms with van der Waals surface area (Å²) in [6.45, 7) is 6.32. The molecule has 0 fully saturated rings. The first-order valence-corrected chi connectivity index (χ1v) is 6.56. The molecule has 0 bridgehead atoms. The minimum atomic E-state index is 0.560. The van der Waals surface area contributed by atoms with Crippen LogP contribution >= 0.6 is 0 Å². The van der Waals surface area contributed by atoms with Gasteiger partial charge in [0, 0.05) is 11.3 Å². The van der Waals surface area contributed by atoms with Crippen LogP contribution in [0.25, 0.3) is 0 Å². The molecule has 100 valence electrons. The van der Waals surface area contributed by atoms with Gasteiger partial charge in [0.15, 0.2) is 0 Å². The fourth-order valence-corrected chi connectivity index (χ4v) is 2.04. The number of nitrogens with two attached hydrogens (primary N) is 1. The van der Waals surface area contributed by atoms with E-state index in [9.17, 15) is 0 Å². The van der Waals surface area contributed by atoms with Crippen LogP contribution in [0.3, 0.4) is 0 Å². The topological polar surface area (TPSA) is 63.8 Å². The van der Waals surface area contributed by atoms with Crippen LogP contribution < -0.4 is 11.1 Å². The van der Waals surface area contributed by atoms with Crippen molar-refractivity contribution in [1.82, 2.24) is 9.97 Å². The van der Waals surface area contributed by atoms with Gasteiger partial charge in [-0.3, -0.25) is 0 Å². The molecule has 0 radical (unpaired) electrons. The van der Waals surface area contributed by atoms with E-state index in [1.54, 1.807) is 0 Å². The molecule has 1 aromatic carbocycles. The third-order valence-electron chi connectivity index (χ3n) is 3.34. The van der Waals surface area contributed by atoms with Crippen molar-refractivity contribution in [3.8, 4) is 0 Å². The molecule has 2 aromatic rings. The van der Waals surface area contributed by atoms with E-state index in [2.05, 4.69) is 48.2 Å². The molecule has 0 saturated heterocycles. The lowest BCUT2D eigenvalue weighted by Crippen LogP contribution is -2.06. The van der Waals surface area contributed by atoms with E-state index in [0.29, 0.717) is 5.82 Å². The van der Waals surface area contributed by atoms with Gasteiger partial charge in [0.05, 0.1) is 0 Å². The summed E-state index contributed by atoms with van der Waals surface area (Å²) < 4.78 is 0. The number of aromatic nitrogens is 2. The highest BCUT2D eigenvalue weighted by Gasteiger charge is 2.10. The monoisotopic (exact) mass is 256 g/mol. The van der Waals surface area contributed by atoms with Crippen LogP contribution in [0.4, 0.5) is 17.3 Å². The Morgan fingerprint density at radius 2 is 2.00 bits per heavy atom. The summed E-state index contributed by atoms with van der Waals surface area (Å²) in [5.74, 6) is 1.37. The molecule has 4 nitrogen and oxygen atoms in total. The summed E-state index contributed by atoms with van der Waals surface area (Å²) in [6, 6.07) is 6.19. The number of hydrogen-bond acceptors (Lipinski definition) is 4. The molecule has 4 heteroatoms. The average Bonchev–Trinajstić information content (AvgIpc) is 2.39. The molecule has 0 amide bonds. The number of nitrogen functional groups attached to an aromatic ring is 1. The summed E-state index contributed by atoms with van der Waals surface area (Å²) in [5, 5.41) is 3.38. The molecule has 1 heterocycles. The lowest BCUT2D eigenvalue weighted by molar-refractivity contribution is 0.908. The van der Waals surface area contributed by atoms with Crippen molar-refractivity contribution in [1.29, 1.82) is 0 Å². The Morgan fingerprint density at radius 1 is 1.21 bits per heavy atom. The summed E-state index contributed by atoms with van der Waals surface area (Å²) in [4.78, 5) is 8.39. The van der Waals surface area contributed by atoms with Gasteiger partial charge in [0.1, 0.15) is 18.0 Å². The van der Waals surface area contributed by atoms with Crippen molar-refractivity contribution >= 4 is 17.3 Å². The number of nitrogens with one attached hydrogen (secondary N) is 1. The molecule has 0 aliphatic heterocycles. The van der Waals surface area contributed by atoms with Crippen LogP contribution in [0, 0.1) is 13.8 Å². The number of rotatable bonds is 4. The Labute approximate surface area is 114 Å². The summed E-state index contributed by atoms with van der Waals surface area (Å²) in [5.41, 5.74) is 10.5. The Kier molecular flexibility index (Phi) is 4.00. The van der Waals surface area contributed by atoms with Gasteiger partial charge >= 0.3 is 0 Å². The third kappa shape index (κ3) is 2.84. The van der Waals surface area contributed by atoms with Crippen LogP contribution in [0.2, 0.25) is 0 Å². The smallest absolute Gasteiger partial charge is 0.139 e. The van der Waals surface area contributed by atoms with Crippen molar-refractivity contribution < 1.29 is 0 Å². The third-order valence-corrected chi connectivity index (χ3v) is 3.34. The first-order chi connectivity index (χ1) is 9.13. The SMILES string of the molecule is CCCc1c(N)ncnc1Nc1cccc(C)c1C. The molecule has 0 aliphatic carbocycles. The first-order valence-electron chi connectivity index (χ1n) is 6.56. The quantitative estimate of drug-likeness (QED) is 0.880. The maximum absolute atomic E-state index is 5.94. The average molecular weight is 256 g/mol. The van der Waals surface area contributed by atoms with Gasteiger partial charge in [-0.05, 0) is 37.5 Å². The lowest BCUT2D eigenvalue weighted by Gasteiger charge is -2.14. The van der Waals surface area contributed by atoms with Gasteiger partial charge in [-0.25, -0.2) is 9.97 Å². The van der Waals surface area contributed by atoms with Gasteiger partial charge in [0.2, 0.25) is 0 Å². The van der Waals surface area contributed by atoms with Gasteiger partial charge < -0.3 is 11.1 Å². The van der Waals surface area contributed by atoms with Crippen LogP contribution in [0.5, 0.6) is 0 Å². The largest absolute Gasteiger partial charge is 0.383 e. The second-order valence-electron chi connectivity index (χ2n) is 4.71. The molecule has 0 atom stereocenters. The summed E-state index contributed by atoms with van der Waals surface area (Å²) >= 11 is 0. The molecular weight excluding hydrogens is 236 g/mol. The Hall–Kier alpha value is -2.10. The van der Waals surface area contributed by atoms with Crippen LogP contribution in [0.1, 0.15) is 30.0 Å². The van der Waals surface area contributed by atoms with E-state index >= 15 is 0 Å². The zero-order chi connectivity index (χ0) is 13.8. The predicted octanol–water partition coefficient (Wildman–Crippen LogP) is 3.37. The van der Waals surface area contributed by atoms with E-state index < -0.39 is 0 Å². The molecule has 2 rings (SSSR count). The molecule has 0 saturated carbocycles. The van der Waals surface area contributed by atoms with Gasteiger partial charge in [-0.2, -0.15) is 0 Å². The zero-order valence-corrected chi connectivity index (χ0v) is 11.7. The fourth-order valence-electron chi connectivity index (χ4n) is 2.04. The van der Waals surface area contributed by atoms with Crippen LogP contribution in [-0.4, -0.2) is 9.97 Å². The first kappa shape index (κ1) is 13.3. The van der Waals surface area contributed by atoms with E-state index in [0.717, 1.165) is 29.9 Å². The highest BCUT2D eigenvalue weighted by Crippen LogP contribution is 2.26. The summed E-state index contributed by atoms with van der Waals surface area (Å²) in [7, 11) is 0. The van der Waals surface area contributed by atoms with Gasteiger partial charge in [-0.1, -0.05) is 25.5 Å². The summed E-state index contributed by atoms with van der Waals surface area (Å²) in [6.07, 6.45) is 3.39. The van der Waals surface area contributed by atoms with Crippen molar-refractivity contribution in [2.75, 3.05) is 11.1 Å². The van der Waals surface area contributed by atoms with Crippen molar-refractivity contribution in [2.45, 2.75) is 33.6 Å². The number of aryl methyl sites for hydroxylation is 1. The molecule has 3 N–H and O–H groups in total. The van der Waals surface area contributed by atoms with Gasteiger partial charge in [-0.15, -0.1) is 0 Å². The minimum absolute atomic E-state index is 0.560. The normalized spacial score (nSPS) is 10.5. The highest BCUT2D eigenvalue weighted by molar-refractivity contribution is 5.66. The second-order valence-corrected chi connectivity index (χ2v) is 4.71. The molecule has 1 aromatic heterocycles. The Balaban J connectivity index is 2.38.